The van der Waals surface area contributed by atoms with Crippen LogP contribution in [0.5, 0.6) is 0 Å². The molecule has 2 heterocycles. The minimum atomic E-state index is 0.147. The molecule has 3 aromatic rings. The average Bonchev–Trinajstić information content (AvgIpc) is 3.13. The first-order chi connectivity index (χ1) is 13.3. The van der Waals surface area contributed by atoms with Crippen molar-refractivity contribution < 1.29 is 9.69 Å². The first-order valence-corrected chi connectivity index (χ1v) is 10.6. The van der Waals surface area contributed by atoms with Gasteiger partial charge in [0.15, 0.2) is 11.6 Å². The summed E-state index contributed by atoms with van der Waals surface area (Å²) in [5, 5.41) is 4.28. The van der Waals surface area contributed by atoms with Crippen molar-refractivity contribution in [3.05, 3.63) is 65.2 Å². The van der Waals surface area contributed by atoms with Crippen molar-refractivity contribution in [2.45, 2.75) is 31.7 Å². The number of carbonyl (C=O) groups is 1. The summed E-state index contributed by atoms with van der Waals surface area (Å²) in [5.41, 5.74) is 2.34. The number of rotatable bonds is 6. The van der Waals surface area contributed by atoms with Crippen LogP contribution in [0.4, 0.5) is 0 Å². The third-order valence-electron chi connectivity index (χ3n) is 5.31. The maximum absolute atomic E-state index is 12.5. The molecule has 2 atom stereocenters. The number of thiazole rings is 1. The monoisotopic (exact) mass is 380 g/mol. The predicted octanol–water partition coefficient (Wildman–Crippen LogP) is 2.77. The van der Waals surface area contributed by atoms with Gasteiger partial charge in [-0.15, -0.1) is 11.3 Å². The molecule has 4 nitrogen and oxygen atoms in total. The minimum Gasteiger partial charge on any atom is -0.351 e. The van der Waals surface area contributed by atoms with Gasteiger partial charge in [-0.05, 0) is 37.0 Å². The van der Waals surface area contributed by atoms with Crippen LogP contribution in [0, 0.1) is 0 Å². The molecule has 2 aromatic carbocycles. The van der Waals surface area contributed by atoms with Crippen LogP contribution in [0.15, 0.2) is 54.6 Å². The predicted molar refractivity (Wildman–Crippen MR) is 110 cm³/mol. The lowest BCUT2D eigenvalue weighted by Crippen LogP contribution is -3.14. The maximum Gasteiger partial charge on any atom is 0.275 e. The van der Waals surface area contributed by atoms with Gasteiger partial charge in [0.25, 0.3) is 5.91 Å². The standard InChI is InChI=1S/C22H25N3OS/c26-21(23-14-13-17-8-2-1-3-9-17)16-25-15-7-6-11-19(25)22-24-18-10-4-5-12-20(18)27-22/h1-5,8-10,12,19H,6-7,11,13-16H2,(H,23,26)/p+1/t19-/m1/s1. The van der Waals surface area contributed by atoms with Crippen molar-refractivity contribution in [2.75, 3.05) is 19.6 Å². The molecule has 27 heavy (non-hydrogen) atoms. The summed E-state index contributed by atoms with van der Waals surface area (Å²) < 4.78 is 1.24. The number of carbonyl (C=O) groups excluding carboxylic acids is 1. The number of para-hydroxylation sites is 1. The van der Waals surface area contributed by atoms with Crippen molar-refractivity contribution in [1.82, 2.24) is 10.3 Å². The Hall–Kier alpha value is -2.24. The smallest absolute Gasteiger partial charge is 0.275 e. The molecule has 0 spiro atoms. The Morgan fingerprint density at radius 2 is 1.93 bits per heavy atom. The van der Waals surface area contributed by atoms with Crippen molar-refractivity contribution in [1.29, 1.82) is 0 Å². The molecular weight excluding hydrogens is 354 g/mol. The third-order valence-corrected chi connectivity index (χ3v) is 6.46. The summed E-state index contributed by atoms with van der Waals surface area (Å²) in [5.74, 6) is 0.147. The third kappa shape index (κ3) is 4.54. The number of piperidine rings is 1. The molecule has 1 unspecified atom stereocenters. The van der Waals surface area contributed by atoms with Gasteiger partial charge in [0.1, 0.15) is 6.04 Å². The normalized spacial score (nSPS) is 19.9. The van der Waals surface area contributed by atoms with E-state index in [1.807, 2.05) is 24.3 Å². The highest BCUT2D eigenvalue weighted by molar-refractivity contribution is 7.18. The summed E-state index contributed by atoms with van der Waals surface area (Å²) in [6.07, 6.45) is 4.41. The fourth-order valence-corrected chi connectivity index (χ4v) is 5.05. The van der Waals surface area contributed by atoms with E-state index in [0.29, 0.717) is 19.1 Å². The van der Waals surface area contributed by atoms with E-state index in [-0.39, 0.29) is 5.91 Å². The molecule has 1 amide bonds. The lowest BCUT2D eigenvalue weighted by Gasteiger charge is -2.30. The van der Waals surface area contributed by atoms with Gasteiger partial charge >= 0.3 is 0 Å². The highest BCUT2D eigenvalue weighted by Gasteiger charge is 2.31. The summed E-state index contributed by atoms with van der Waals surface area (Å²) >= 11 is 1.79. The van der Waals surface area contributed by atoms with E-state index in [4.69, 9.17) is 4.98 Å². The van der Waals surface area contributed by atoms with Gasteiger partial charge in [-0.2, -0.15) is 0 Å². The molecule has 1 saturated heterocycles. The molecule has 0 saturated carbocycles. The van der Waals surface area contributed by atoms with E-state index >= 15 is 0 Å². The first kappa shape index (κ1) is 18.1. The summed E-state index contributed by atoms with van der Waals surface area (Å²) in [6.45, 7) is 2.28. The molecular formula is C22H26N3OS+. The zero-order valence-corrected chi connectivity index (χ0v) is 16.3. The van der Waals surface area contributed by atoms with Crippen LogP contribution in [-0.2, 0) is 11.2 Å². The van der Waals surface area contributed by atoms with E-state index in [0.717, 1.165) is 24.9 Å². The second-order valence-corrected chi connectivity index (χ2v) is 8.30. The Kier molecular flexibility index (Phi) is 5.80. The molecule has 1 fully saturated rings. The van der Waals surface area contributed by atoms with Crippen LogP contribution in [0.1, 0.15) is 35.9 Å². The van der Waals surface area contributed by atoms with Crippen molar-refractivity contribution in [2.24, 2.45) is 0 Å². The number of quaternary nitrogens is 1. The number of aromatic nitrogens is 1. The zero-order chi connectivity index (χ0) is 18.5. The van der Waals surface area contributed by atoms with Gasteiger partial charge in [-0.25, -0.2) is 4.98 Å². The lowest BCUT2D eigenvalue weighted by atomic mass is 10.0. The number of hydrogen-bond acceptors (Lipinski definition) is 3. The second kappa shape index (κ2) is 8.63. The van der Waals surface area contributed by atoms with E-state index in [2.05, 4.69) is 35.6 Å². The van der Waals surface area contributed by atoms with Crippen LogP contribution in [0.2, 0.25) is 0 Å². The summed E-state index contributed by atoms with van der Waals surface area (Å²) in [4.78, 5) is 18.7. The van der Waals surface area contributed by atoms with E-state index < -0.39 is 0 Å². The number of nitrogens with zero attached hydrogens (tertiary/aromatic N) is 1. The number of fused-ring (bicyclic) bond motifs is 1. The second-order valence-electron chi connectivity index (χ2n) is 7.24. The van der Waals surface area contributed by atoms with E-state index in [9.17, 15) is 4.79 Å². The molecule has 0 aliphatic carbocycles. The van der Waals surface area contributed by atoms with Gasteiger partial charge in [0.05, 0.1) is 16.8 Å². The first-order valence-electron chi connectivity index (χ1n) is 9.80. The number of hydrogen-bond donors (Lipinski definition) is 2. The minimum absolute atomic E-state index is 0.147. The molecule has 2 N–H and O–H groups in total. The highest BCUT2D eigenvalue weighted by Crippen LogP contribution is 2.28. The number of likely N-dealkylation sites (tertiary alicyclic amines) is 1. The highest BCUT2D eigenvalue weighted by atomic mass is 32.1. The molecule has 4 rings (SSSR count). The van der Waals surface area contributed by atoms with Crippen LogP contribution in [-0.4, -0.2) is 30.5 Å². The van der Waals surface area contributed by atoms with Gasteiger partial charge in [0, 0.05) is 13.0 Å². The molecule has 140 valence electrons. The van der Waals surface area contributed by atoms with Crippen molar-refractivity contribution in [3.63, 3.8) is 0 Å². The Morgan fingerprint density at radius 1 is 1.11 bits per heavy atom. The number of nitrogens with one attached hydrogen (secondary N) is 2. The quantitative estimate of drug-likeness (QED) is 0.691. The number of benzene rings is 2. The molecule has 0 radical (unpaired) electrons. The fourth-order valence-electron chi connectivity index (χ4n) is 3.89. The Bertz CT molecular complexity index is 860. The largest absolute Gasteiger partial charge is 0.351 e. The van der Waals surface area contributed by atoms with Gasteiger partial charge in [-0.3, -0.25) is 4.79 Å². The molecule has 1 aliphatic heterocycles. The molecule has 1 aliphatic rings. The van der Waals surface area contributed by atoms with Gasteiger partial charge < -0.3 is 10.2 Å². The number of amides is 1. The zero-order valence-electron chi connectivity index (χ0n) is 15.5. The van der Waals surface area contributed by atoms with E-state index in [1.54, 1.807) is 11.3 Å². The van der Waals surface area contributed by atoms with Gasteiger partial charge in [0.2, 0.25) is 0 Å². The van der Waals surface area contributed by atoms with Gasteiger partial charge in [-0.1, -0.05) is 42.5 Å². The fraction of sp³-hybridized carbons (Fsp3) is 0.364. The SMILES string of the molecule is O=C(C[NH+]1CCCC[C@@H]1c1nc2ccccc2s1)NCCc1ccccc1. The summed E-state index contributed by atoms with van der Waals surface area (Å²) in [7, 11) is 0. The van der Waals surface area contributed by atoms with E-state index in [1.165, 1.54) is 33.0 Å². The van der Waals surface area contributed by atoms with Crippen molar-refractivity contribution >= 4 is 27.5 Å². The topological polar surface area (TPSA) is 46.4 Å². The van der Waals surface area contributed by atoms with Crippen LogP contribution in [0.25, 0.3) is 10.2 Å². The Balaban J connectivity index is 1.36. The average molecular weight is 381 g/mol. The van der Waals surface area contributed by atoms with Crippen LogP contribution < -0.4 is 10.2 Å². The lowest BCUT2D eigenvalue weighted by molar-refractivity contribution is -0.929. The summed E-state index contributed by atoms with van der Waals surface area (Å²) in [6, 6.07) is 19.0. The van der Waals surface area contributed by atoms with Crippen LogP contribution >= 0.6 is 11.3 Å². The molecule has 1 aromatic heterocycles. The Labute approximate surface area is 164 Å². The van der Waals surface area contributed by atoms with Crippen molar-refractivity contribution in [3.8, 4) is 0 Å². The maximum atomic E-state index is 12.5. The Morgan fingerprint density at radius 3 is 2.78 bits per heavy atom. The molecule has 0 bridgehead atoms. The molecule has 5 heteroatoms. The van der Waals surface area contributed by atoms with Crippen LogP contribution in [0.3, 0.4) is 0 Å².